The molecule has 116 valence electrons. The largest absolute Gasteiger partial charge is 0.467 e. The van der Waals surface area contributed by atoms with Crippen molar-refractivity contribution in [2.24, 2.45) is 0 Å². The van der Waals surface area contributed by atoms with Gasteiger partial charge in [-0.15, -0.1) is 0 Å². The number of carbonyl (C=O) groups is 2. The zero-order valence-corrected chi connectivity index (χ0v) is 12.7. The molecule has 0 bridgehead atoms. The fourth-order valence-electron chi connectivity index (χ4n) is 1.96. The number of rotatable bonds is 4. The Hall–Kier alpha value is -1.34. The maximum atomic E-state index is 12.1. The number of amides is 1. The highest BCUT2D eigenvalue weighted by atomic mass is 16.7. The van der Waals surface area contributed by atoms with Crippen LogP contribution in [0.5, 0.6) is 0 Å². The first-order chi connectivity index (χ1) is 9.28. The second-order valence-corrected chi connectivity index (χ2v) is 5.60. The Morgan fingerprint density at radius 2 is 1.90 bits per heavy atom. The SMILES string of the molecule is COCO[C@H]1C[C@@H](C(=O)OC)N(C(=O)OC(C)(C)C)C1. The fourth-order valence-corrected chi connectivity index (χ4v) is 1.96. The highest BCUT2D eigenvalue weighted by Gasteiger charge is 2.42. The van der Waals surface area contributed by atoms with Gasteiger partial charge >= 0.3 is 12.1 Å². The first-order valence-corrected chi connectivity index (χ1v) is 6.46. The molecule has 2 atom stereocenters. The molecule has 0 aliphatic carbocycles. The van der Waals surface area contributed by atoms with Crippen LogP contribution in [0.2, 0.25) is 0 Å². The summed E-state index contributed by atoms with van der Waals surface area (Å²) in [5.41, 5.74) is -0.622. The van der Waals surface area contributed by atoms with Crippen LogP contribution in [0.15, 0.2) is 0 Å². The first kappa shape index (κ1) is 16.7. The van der Waals surface area contributed by atoms with E-state index in [2.05, 4.69) is 0 Å². The molecule has 0 aromatic heterocycles. The normalized spacial score (nSPS) is 22.8. The number of carbonyl (C=O) groups excluding carboxylic acids is 2. The Morgan fingerprint density at radius 1 is 1.25 bits per heavy atom. The highest BCUT2D eigenvalue weighted by Crippen LogP contribution is 2.24. The van der Waals surface area contributed by atoms with E-state index in [9.17, 15) is 9.59 Å². The molecular formula is C13H23NO6. The van der Waals surface area contributed by atoms with E-state index in [1.54, 1.807) is 20.8 Å². The lowest BCUT2D eigenvalue weighted by Gasteiger charge is -2.27. The Bertz CT molecular complexity index is 351. The van der Waals surface area contributed by atoms with Crippen LogP contribution in [0.1, 0.15) is 27.2 Å². The van der Waals surface area contributed by atoms with Crippen molar-refractivity contribution in [1.82, 2.24) is 4.90 Å². The van der Waals surface area contributed by atoms with Gasteiger partial charge in [-0.2, -0.15) is 0 Å². The summed E-state index contributed by atoms with van der Waals surface area (Å²) in [5, 5.41) is 0. The van der Waals surface area contributed by atoms with Crippen molar-refractivity contribution in [2.75, 3.05) is 27.6 Å². The Morgan fingerprint density at radius 3 is 2.40 bits per heavy atom. The molecule has 0 radical (unpaired) electrons. The number of ether oxygens (including phenoxy) is 4. The van der Waals surface area contributed by atoms with Gasteiger partial charge in [0.25, 0.3) is 0 Å². The summed E-state index contributed by atoms with van der Waals surface area (Å²) in [6, 6.07) is -0.684. The highest BCUT2D eigenvalue weighted by molar-refractivity contribution is 5.82. The van der Waals surface area contributed by atoms with Crippen LogP contribution in [0.25, 0.3) is 0 Å². The standard InChI is InChI=1S/C13H23NO6/c1-13(2,3)20-12(16)14-7-9(19-8-17-4)6-10(14)11(15)18-5/h9-10H,6-8H2,1-5H3/t9-,10-/m0/s1. The summed E-state index contributed by atoms with van der Waals surface area (Å²) in [6.07, 6.45) is -0.446. The predicted molar refractivity (Wildman–Crippen MR) is 70.1 cm³/mol. The molecule has 0 aromatic carbocycles. The number of likely N-dealkylation sites (tertiary alicyclic amines) is 1. The van der Waals surface area contributed by atoms with Crippen molar-refractivity contribution >= 4 is 12.1 Å². The molecule has 1 amide bonds. The van der Waals surface area contributed by atoms with Crippen LogP contribution in [0, 0.1) is 0 Å². The van der Waals surface area contributed by atoms with Gasteiger partial charge in [0.2, 0.25) is 0 Å². The topological polar surface area (TPSA) is 74.3 Å². The van der Waals surface area contributed by atoms with E-state index in [0.29, 0.717) is 6.42 Å². The maximum absolute atomic E-state index is 12.1. The Kier molecular flexibility index (Phi) is 5.76. The number of hydrogen-bond donors (Lipinski definition) is 0. The van der Waals surface area contributed by atoms with Crippen molar-refractivity contribution in [3.63, 3.8) is 0 Å². The molecule has 0 saturated carbocycles. The van der Waals surface area contributed by atoms with Gasteiger partial charge in [-0.3, -0.25) is 4.90 Å². The zero-order chi connectivity index (χ0) is 15.3. The molecule has 0 spiro atoms. The van der Waals surface area contributed by atoms with Crippen LogP contribution < -0.4 is 0 Å². The van der Waals surface area contributed by atoms with Gasteiger partial charge in [0.05, 0.1) is 19.8 Å². The monoisotopic (exact) mass is 289 g/mol. The minimum atomic E-state index is -0.684. The number of esters is 1. The molecule has 20 heavy (non-hydrogen) atoms. The third-order valence-corrected chi connectivity index (χ3v) is 2.79. The summed E-state index contributed by atoms with van der Waals surface area (Å²) in [6.45, 7) is 5.70. The maximum Gasteiger partial charge on any atom is 0.411 e. The Labute approximate surface area is 119 Å². The fraction of sp³-hybridized carbons (Fsp3) is 0.846. The molecule has 0 N–H and O–H groups in total. The summed E-state index contributed by atoms with van der Waals surface area (Å²) in [4.78, 5) is 25.2. The Balaban J connectivity index is 2.73. The summed E-state index contributed by atoms with van der Waals surface area (Å²) < 4.78 is 20.3. The molecular weight excluding hydrogens is 266 g/mol. The molecule has 1 aliphatic rings. The van der Waals surface area contributed by atoms with Gasteiger partial charge in [0, 0.05) is 13.5 Å². The molecule has 7 nitrogen and oxygen atoms in total. The average Bonchev–Trinajstić information content (AvgIpc) is 2.77. The molecule has 0 aromatic rings. The van der Waals surface area contributed by atoms with Gasteiger partial charge in [0.15, 0.2) is 0 Å². The molecule has 1 fully saturated rings. The summed E-state index contributed by atoms with van der Waals surface area (Å²) in [7, 11) is 2.80. The van der Waals surface area contributed by atoms with Crippen molar-refractivity contribution in [3.05, 3.63) is 0 Å². The average molecular weight is 289 g/mol. The first-order valence-electron chi connectivity index (χ1n) is 6.46. The molecule has 1 heterocycles. The third-order valence-electron chi connectivity index (χ3n) is 2.79. The lowest BCUT2D eigenvalue weighted by atomic mass is 10.2. The van der Waals surface area contributed by atoms with Crippen molar-refractivity contribution in [3.8, 4) is 0 Å². The van der Waals surface area contributed by atoms with E-state index < -0.39 is 23.7 Å². The van der Waals surface area contributed by atoms with E-state index in [1.807, 2.05) is 0 Å². The van der Waals surface area contributed by atoms with Crippen molar-refractivity contribution in [1.29, 1.82) is 0 Å². The van der Waals surface area contributed by atoms with Crippen LogP contribution in [0.4, 0.5) is 4.79 Å². The van der Waals surface area contributed by atoms with Gasteiger partial charge in [-0.1, -0.05) is 0 Å². The van der Waals surface area contributed by atoms with E-state index in [1.165, 1.54) is 19.1 Å². The zero-order valence-electron chi connectivity index (χ0n) is 12.7. The third kappa shape index (κ3) is 4.64. The predicted octanol–water partition coefficient (Wildman–Crippen LogP) is 1.16. The molecule has 0 unspecified atom stereocenters. The van der Waals surface area contributed by atoms with Crippen LogP contribution in [0.3, 0.4) is 0 Å². The van der Waals surface area contributed by atoms with Gasteiger partial charge in [0.1, 0.15) is 18.4 Å². The van der Waals surface area contributed by atoms with Gasteiger partial charge < -0.3 is 18.9 Å². The van der Waals surface area contributed by atoms with Crippen molar-refractivity contribution in [2.45, 2.75) is 44.9 Å². The summed E-state index contributed by atoms with van der Waals surface area (Å²) >= 11 is 0. The van der Waals surface area contributed by atoms with E-state index in [0.717, 1.165) is 0 Å². The number of hydrogen-bond acceptors (Lipinski definition) is 6. The van der Waals surface area contributed by atoms with E-state index in [-0.39, 0.29) is 19.4 Å². The quantitative estimate of drug-likeness (QED) is 0.571. The molecule has 1 aliphatic heterocycles. The molecule has 7 heteroatoms. The number of methoxy groups -OCH3 is 2. The van der Waals surface area contributed by atoms with Crippen molar-refractivity contribution < 1.29 is 28.5 Å². The van der Waals surface area contributed by atoms with Crippen LogP contribution in [-0.2, 0) is 23.7 Å². The van der Waals surface area contributed by atoms with Gasteiger partial charge in [-0.05, 0) is 20.8 Å². The minimum absolute atomic E-state index is 0.112. The smallest absolute Gasteiger partial charge is 0.411 e. The van der Waals surface area contributed by atoms with E-state index in [4.69, 9.17) is 18.9 Å². The van der Waals surface area contributed by atoms with Crippen LogP contribution in [-0.4, -0.2) is 62.3 Å². The van der Waals surface area contributed by atoms with Gasteiger partial charge in [-0.25, -0.2) is 9.59 Å². The van der Waals surface area contributed by atoms with Crippen LogP contribution >= 0.6 is 0 Å². The second kappa shape index (κ2) is 6.90. The molecule has 1 rings (SSSR count). The summed E-state index contributed by atoms with van der Waals surface area (Å²) in [5.74, 6) is -0.473. The lowest BCUT2D eigenvalue weighted by molar-refractivity contribution is -0.145. The van der Waals surface area contributed by atoms with E-state index >= 15 is 0 Å². The minimum Gasteiger partial charge on any atom is -0.467 e. The number of nitrogens with zero attached hydrogens (tertiary/aromatic N) is 1. The molecule has 1 saturated heterocycles. The lowest BCUT2D eigenvalue weighted by Crippen LogP contribution is -2.44. The second-order valence-electron chi connectivity index (χ2n) is 5.60.